The molecule has 0 bridgehead atoms. The molecule has 20 heavy (non-hydrogen) atoms. The lowest BCUT2D eigenvalue weighted by molar-refractivity contribution is -0.178. The average molecular weight is 283 g/mol. The molecule has 112 valence electrons. The number of rotatable bonds is 5. The van der Waals surface area contributed by atoms with Crippen LogP contribution in [0.4, 0.5) is 0 Å². The molecule has 2 unspecified atom stereocenters. The highest BCUT2D eigenvalue weighted by Crippen LogP contribution is 2.47. The summed E-state index contributed by atoms with van der Waals surface area (Å²) in [5.74, 6) is -1.05. The fourth-order valence-corrected chi connectivity index (χ4v) is 2.76. The van der Waals surface area contributed by atoms with E-state index in [-0.39, 0.29) is 26.1 Å². The van der Waals surface area contributed by atoms with Crippen LogP contribution in [0.5, 0.6) is 0 Å². The summed E-state index contributed by atoms with van der Waals surface area (Å²) in [6.07, 6.45) is 2.08. The number of hydrogen-bond acceptors (Lipinski definition) is 6. The molecule has 1 aliphatic rings. The van der Waals surface area contributed by atoms with Gasteiger partial charge in [0.25, 0.3) is 0 Å². The maximum atomic E-state index is 12.3. The summed E-state index contributed by atoms with van der Waals surface area (Å²) in [6.45, 7) is 3.11. The third-order valence-electron chi connectivity index (χ3n) is 3.87. The Balaban J connectivity index is 3.01. The van der Waals surface area contributed by atoms with E-state index in [1.54, 1.807) is 6.92 Å². The van der Waals surface area contributed by atoms with Crippen molar-refractivity contribution < 1.29 is 24.2 Å². The van der Waals surface area contributed by atoms with E-state index in [1.807, 2.05) is 6.07 Å². The molecule has 6 heteroatoms. The first-order chi connectivity index (χ1) is 9.42. The van der Waals surface area contributed by atoms with E-state index in [0.717, 1.165) is 6.42 Å². The standard InChI is InChI=1S/C14H21NO5/c1-3-19-12(17)13(8-9-20-11(2)16)6-4-5-7-14(13,18)10-15/h18H,3-9H2,1-2H3. The van der Waals surface area contributed by atoms with Gasteiger partial charge < -0.3 is 14.6 Å². The highest BCUT2D eigenvalue weighted by atomic mass is 16.5. The van der Waals surface area contributed by atoms with E-state index in [1.165, 1.54) is 6.92 Å². The van der Waals surface area contributed by atoms with E-state index >= 15 is 0 Å². The lowest BCUT2D eigenvalue weighted by Gasteiger charge is -2.44. The highest BCUT2D eigenvalue weighted by molar-refractivity contribution is 5.79. The van der Waals surface area contributed by atoms with Gasteiger partial charge in [0, 0.05) is 13.3 Å². The van der Waals surface area contributed by atoms with Crippen molar-refractivity contribution in [2.24, 2.45) is 5.41 Å². The van der Waals surface area contributed by atoms with Crippen molar-refractivity contribution in [1.82, 2.24) is 0 Å². The molecule has 1 rings (SSSR count). The molecule has 0 aromatic rings. The molecular formula is C14H21NO5. The molecule has 0 aromatic carbocycles. The van der Waals surface area contributed by atoms with Gasteiger partial charge in [0.15, 0.2) is 5.60 Å². The van der Waals surface area contributed by atoms with Crippen LogP contribution in [-0.2, 0) is 19.1 Å². The molecule has 0 radical (unpaired) electrons. The Morgan fingerprint density at radius 2 is 1.95 bits per heavy atom. The number of hydrogen-bond donors (Lipinski definition) is 1. The Labute approximate surface area is 118 Å². The summed E-state index contributed by atoms with van der Waals surface area (Å²) in [6, 6.07) is 1.86. The van der Waals surface area contributed by atoms with Crippen LogP contribution in [0.15, 0.2) is 0 Å². The van der Waals surface area contributed by atoms with E-state index < -0.39 is 23.0 Å². The van der Waals surface area contributed by atoms with Crippen molar-refractivity contribution in [3.63, 3.8) is 0 Å². The minimum absolute atomic E-state index is 0.0157. The van der Waals surface area contributed by atoms with E-state index in [4.69, 9.17) is 9.47 Å². The molecule has 6 nitrogen and oxygen atoms in total. The van der Waals surface area contributed by atoms with Crippen LogP contribution >= 0.6 is 0 Å². The molecule has 1 aliphatic carbocycles. The van der Waals surface area contributed by atoms with Crippen molar-refractivity contribution >= 4 is 11.9 Å². The molecular weight excluding hydrogens is 262 g/mol. The van der Waals surface area contributed by atoms with Crippen LogP contribution in [0.25, 0.3) is 0 Å². The lowest BCUT2D eigenvalue weighted by atomic mass is 9.62. The lowest BCUT2D eigenvalue weighted by Crippen LogP contribution is -2.55. The van der Waals surface area contributed by atoms with Gasteiger partial charge in [0.1, 0.15) is 5.41 Å². The summed E-state index contributed by atoms with van der Waals surface area (Å²) in [4.78, 5) is 23.1. The van der Waals surface area contributed by atoms with Gasteiger partial charge in [-0.2, -0.15) is 5.26 Å². The van der Waals surface area contributed by atoms with Crippen molar-refractivity contribution in [2.75, 3.05) is 13.2 Å². The largest absolute Gasteiger partial charge is 0.466 e. The van der Waals surface area contributed by atoms with Crippen molar-refractivity contribution in [2.45, 2.75) is 51.6 Å². The van der Waals surface area contributed by atoms with Crippen LogP contribution < -0.4 is 0 Å². The molecule has 0 heterocycles. The zero-order valence-corrected chi connectivity index (χ0v) is 12.0. The predicted octanol–water partition coefficient (Wildman–Crippen LogP) is 1.32. The second-order valence-electron chi connectivity index (χ2n) is 5.07. The number of ether oxygens (including phenoxy) is 2. The Morgan fingerprint density at radius 1 is 1.30 bits per heavy atom. The molecule has 0 aromatic heterocycles. The number of nitrogens with zero attached hydrogens (tertiary/aromatic N) is 1. The first-order valence-electron chi connectivity index (χ1n) is 6.86. The molecule has 1 N–H and O–H groups in total. The second kappa shape index (κ2) is 6.71. The molecule has 0 spiro atoms. The SMILES string of the molecule is CCOC(=O)C1(CCOC(C)=O)CCCCC1(O)C#N. The highest BCUT2D eigenvalue weighted by Gasteiger charge is 2.58. The fraction of sp³-hybridized carbons (Fsp3) is 0.786. The minimum Gasteiger partial charge on any atom is -0.466 e. The van der Waals surface area contributed by atoms with Gasteiger partial charge in [-0.05, 0) is 26.2 Å². The maximum Gasteiger partial charge on any atom is 0.316 e. The second-order valence-corrected chi connectivity index (χ2v) is 5.07. The number of esters is 2. The van der Waals surface area contributed by atoms with Gasteiger partial charge in [-0.15, -0.1) is 0 Å². The zero-order chi connectivity index (χ0) is 15.2. The quantitative estimate of drug-likeness (QED) is 0.603. The van der Waals surface area contributed by atoms with Crippen molar-refractivity contribution in [1.29, 1.82) is 5.26 Å². The first kappa shape index (κ1) is 16.4. The number of nitriles is 1. The Kier molecular flexibility index (Phi) is 5.52. The van der Waals surface area contributed by atoms with Crippen LogP contribution in [0.1, 0.15) is 46.0 Å². The normalized spacial score (nSPS) is 29.3. The van der Waals surface area contributed by atoms with E-state index in [9.17, 15) is 20.0 Å². The molecule has 1 saturated carbocycles. The van der Waals surface area contributed by atoms with Gasteiger partial charge in [0.2, 0.25) is 0 Å². The minimum atomic E-state index is -1.77. The van der Waals surface area contributed by atoms with Gasteiger partial charge >= 0.3 is 11.9 Å². The van der Waals surface area contributed by atoms with Gasteiger partial charge in [-0.25, -0.2) is 0 Å². The smallest absolute Gasteiger partial charge is 0.316 e. The monoisotopic (exact) mass is 283 g/mol. The Hall–Kier alpha value is -1.61. The van der Waals surface area contributed by atoms with Gasteiger partial charge in [-0.1, -0.05) is 6.42 Å². The zero-order valence-electron chi connectivity index (χ0n) is 12.0. The van der Waals surface area contributed by atoms with E-state index in [2.05, 4.69) is 0 Å². The van der Waals surface area contributed by atoms with Crippen LogP contribution in [-0.4, -0.2) is 35.9 Å². The van der Waals surface area contributed by atoms with Gasteiger partial charge in [0.05, 0.1) is 19.3 Å². The third-order valence-corrected chi connectivity index (χ3v) is 3.87. The maximum absolute atomic E-state index is 12.3. The topological polar surface area (TPSA) is 96.6 Å². The summed E-state index contributed by atoms with van der Waals surface area (Å²) in [5, 5.41) is 19.8. The van der Waals surface area contributed by atoms with Crippen LogP contribution in [0.3, 0.4) is 0 Å². The summed E-state index contributed by atoms with van der Waals surface area (Å²) < 4.78 is 9.92. The molecule has 0 amide bonds. The summed E-state index contributed by atoms with van der Waals surface area (Å²) in [7, 11) is 0. The predicted molar refractivity (Wildman–Crippen MR) is 69.3 cm³/mol. The number of carbonyl (C=O) groups is 2. The number of aliphatic hydroxyl groups is 1. The summed E-state index contributed by atoms with van der Waals surface area (Å²) >= 11 is 0. The molecule has 1 fully saturated rings. The Morgan fingerprint density at radius 3 is 2.50 bits per heavy atom. The molecule has 0 saturated heterocycles. The third kappa shape index (κ3) is 3.10. The van der Waals surface area contributed by atoms with Crippen molar-refractivity contribution in [3.8, 4) is 6.07 Å². The summed E-state index contributed by atoms with van der Waals surface area (Å²) in [5.41, 5.74) is -3.08. The van der Waals surface area contributed by atoms with Crippen molar-refractivity contribution in [3.05, 3.63) is 0 Å². The first-order valence-corrected chi connectivity index (χ1v) is 6.86. The number of carbonyl (C=O) groups excluding carboxylic acids is 2. The van der Waals surface area contributed by atoms with Crippen LogP contribution in [0, 0.1) is 16.7 Å². The van der Waals surface area contributed by atoms with E-state index in [0.29, 0.717) is 12.8 Å². The average Bonchev–Trinajstić information content (AvgIpc) is 2.41. The van der Waals surface area contributed by atoms with Gasteiger partial charge in [-0.3, -0.25) is 9.59 Å². The van der Waals surface area contributed by atoms with Crippen LogP contribution in [0.2, 0.25) is 0 Å². The Bertz CT molecular complexity index is 416. The molecule has 2 atom stereocenters. The molecule has 0 aliphatic heterocycles. The fourth-order valence-electron chi connectivity index (χ4n) is 2.76.